The largest absolute Gasteiger partial charge is 0.493 e. The molecule has 4 aromatic rings. The van der Waals surface area contributed by atoms with Crippen LogP contribution < -0.4 is 0 Å². The van der Waals surface area contributed by atoms with Crippen LogP contribution in [-0.4, -0.2) is 51.8 Å². The van der Waals surface area contributed by atoms with Gasteiger partial charge in [0.2, 0.25) is 11.0 Å². The first-order valence-corrected chi connectivity index (χ1v) is 10.4. The molecule has 1 atom stereocenters. The Labute approximate surface area is 185 Å². The zero-order valence-corrected chi connectivity index (χ0v) is 17.6. The number of aromatic hydroxyl groups is 1. The molecule has 0 amide bonds. The Hall–Kier alpha value is -3.84. The molecule has 32 heavy (non-hydrogen) atoms. The normalized spacial score (nSPS) is 12.6. The van der Waals surface area contributed by atoms with Crippen molar-refractivity contribution in [2.75, 3.05) is 5.75 Å². The molecule has 12 nitrogen and oxygen atoms in total. The van der Waals surface area contributed by atoms with Crippen LogP contribution in [0, 0.1) is 10.1 Å². The molecule has 0 aliphatic heterocycles. The number of nitro benzene ring substituents is 1. The van der Waals surface area contributed by atoms with E-state index in [1.165, 1.54) is 40.7 Å². The number of thioether (sulfide) groups is 1. The summed E-state index contributed by atoms with van der Waals surface area (Å²) in [5, 5.41) is 52.8. The number of fused-ring (bicyclic) bond motifs is 1. The number of para-hydroxylation sites is 1. The van der Waals surface area contributed by atoms with Gasteiger partial charge >= 0.3 is 0 Å². The molecule has 0 spiro atoms. The first-order valence-electron chi connectivity index (χ1n) is 9.43. The molecule has 2 heterocycles. The van der Waals surface area contributed by atoms with Gasteiger partial charge in [0.1, 0.15) is 0 Å². The highest BCUT2D eigenvalue weighted by molar-refractivity contribution is 7.99. The van der Waals surface area contributed by atoms with Crippen LogP contribution in [0.15, 0.2) is 63.9 Å². The van der Waals surface area contributed by atoms with Crippen molar-refractivity contribution in [2.24, 2.45) is 17.3 Å². The summed E-state index contributed by atoms with van der Waals surface area (Å²) in [5.74, 6) is 0.182. The highest BCUT2D eigenvalue weighted by atomic mass is 32.2. The van der Waals surface area contributed by atoms with Gasteiger partial charge < -0.3 is 14.8 Å². The van der Waals surface area contributed by atoms with Crippen molar-refractivity contribution in [2.45, 2.75) is 17.8 Å². The van der Waals surface area contributed by atoms with Crippen LogP contribution in [0.5, 0.6) is 5.88 Å². The lowest BCUT2D eigenvalue weighted by atomic mass is 10.2. The Morgan fingerprint density at radius 1 is 1.19 bits per heavy atom. The molecular weight excluding hydrogens is 436 g/mol. The summed E-state index contributed by atoms with van der Waals surface area (Å²) in [7, 11) is 1.71. The second-order valence-corrected chi connectivity index (χ2v) is 7.81. The first-order chi connectivity index (χ1) is 15.4. The molecule has 0 saturated carbocycles. The lowest BCUT2D eigenvalue weighted by Gasteiger charge is -2.12. The minimum Gasteiger partial charge on any atom is -0.493 e. The van der Waals surface area contributed by atoms with Crippen molar-refractivity contribution in [1.82, 2.24) is 24.8 Å². The first kappa shape index (κ1) is 21.4. The highest BCUT2D eigenvalue weighted by Gasteiger charge is 2.19. The third kappa shape index (κ3) is 4.43. The number of aliphatic hydroxyl groups is 1. The van der Waals surface area contributed by atoms with Crippen LogP contribution in [-0.2, 0) is 13.6 Å². The van der Waals surface area contributed by atoms with Crippen molar-refractivity contribution in [3.63, 3.8) is 0 Å². The summed E-state index contributed by atoms with van der Waals surface area (Å²) < 4.78 is 3.08. The lowest BCUT2D eigenvalue weighted by Crippen LogP contribution is -2.18. The van der Waals surface area contributed by atoms with Crippen molar-refractivity contribution < 1.29 is 15.1 Å². The Balaban J connectivity index is 1.57. The van der Waals surface area contributed by atoms with E-state index in [1.54, 1.807) is 17.7 Å². The Kier molecular flexibility index (Phi) is 6.09. The van der Waals surface area contributed by atoms with E-state index in [9.17, 15) is 20.3 Å². The van der Waals surface area contributed by atoms with Crippen molar-refractivity contribution in [1.29, 1.82) is 0 Å². The monoisotopic (exact) mass is 454 g/mol. The van der Waals surface area contributed by atoms with E-state index in [0.29, 0.717) is 27.5 Å². The number of hydrogen-bond donors (Lipinski definition) is 2. The number of aryl methyl sites for hydroxylation is 1. The van der Waals surface area contributed by atoms with Gasteiger partial charge in [-0.2, -0.15) is 5.11 Å². The Morgan fingerprint density at radius 3 is 2.62 bits per heavy atom. The summed E-state index contributed by atoms with van der Waals surface area (Å²) in [6.07, 6.45) is -0.794. The Bertz CT molecular complexity index is 1280. The minimum absolute atomic E-state index is 0.0487. The molecule has 0 radical (unpaired) electrons. The molecule has 0 aliphatic rings. The van der Waals surface area contributed by atoms with Crippen LogP contribution in [0.1, 0.15) is 0 Å². The topological polar surface area (TPSA) is 157 Å². The molecule has 2 N–H and O–H groups in total. The van der Waals surface area contributed by atoms with E-state index in [1.807, 2.05) is 18.2 Å². The predicted octanol–water partition coefficient (Wildman–Crippen LogP) is 3.35. The Morgan fingerprint density at radius 2 is 1.94 bits per heavy atom. The number of aromatic nitrogens is 5. The smallest absolute Gasteiger partial charge is 0.269 e. The van der Waals surface area contributed by atoms with E-state index >= 15 is 0 Å². The summed E-state index contributed by atoms with van der Waals surface area (Å²) in [6, 6.07) is 12.8. The molecule has 4 rings (SSSR count). The summed E-state index contributed by atoms with van der Waals surface area (Å²) in [6.45, 7) is 0.123. The van der Waals surface area contributed by atoms with Crippen LogP contribution in [0.3, 0.4) is 0 Å². The average molecular weight is 454 g/mol. The molecule has 164 valence electrons. The fourth-order valence-electron chi connectivity index (χ4n) is 3.08. The van der Waals surface area contributed by atoms with Crippen LogP contribution in [0.4, 0.5) is 17.1 Å². The third-order valence-corrected chi connectivity index (χ3v) is 5.78. The number of nitrogens with zero attached hydrogens (tertiary/aromatic N) is 8. The van der Waals surface area contributed by atoms with E-state index in [2.05, 4.69) is 25.8 Å². The second kappa shape index (κ2) is 9.11. The zero-order chi connectivity index (χ0) is 22.7. The van der Waals surface area contributed by atoms with Gasteiger partial charge in [0.25, 0.3) is 5.69 Å². The van der Waals surface area contributed by atoms with Crippen LogP contribution in [0.2, 0.25) is 0 Å². The van der Waals surface area contributed by atoms with E-state index < -0.39 is 11.0 Å². The van der Waals surface area contributed by atoms with Crippen molar-refractivity contribution in [3.05, 3.63) is 58.6 Å². The number of non-ortho nitro benzene ring substituents is 1. The van der Waals surface area contributed by atoms with Gasteiger partial charge in [0.15, 0.2) is 5.69 Å². The molecule has 0 saturated heterocycles. The lowest BCUT2D eigenvalue weighted by molar-refractivity contribution is -0.384. The number of benzene rings is 2. The van der Waals surface area contributed by atoms with Gasteiger partial charge in [-0.05, 0) is 28.6 Å². The average Bonchev–Trinajstić information content (AvgIpc) is 3.32. The molecule has 0 aliphatic carbocycles. The highest BCUT2D eigenvalue weighted by Crippen LogP contribution is 2.39. The summed E-state index contributed by atoms with van der Waals surface area (Å²) in [4.78, 5) is 10.3. The quantitative estimate of drug-likeness (QED) is 0.178. The molecule has 13 heteroatoms. The fraction of sp³-hybridized carbons (Fsp3) is 0.211. The SMILES string of the molecule is Cn1nnnc1SCC(O)Cn1c(O)c(N=Nc2ccc([N+](=O)[O-])cc2)c2ccccc21. The maximum absolute atomic E-state index is 10.8. The maximum atomic E-state index is 10.8. The van der Waals surface area contributed by atoms with Gasteiger partial charge in [-0.1, -0.05) is 30.0 Å². The zero-order valence-electron chi connectivity index (χ0n) is 16.8. The number of aliphatic hydroxyl groups excluding tert-OH is 1. The van der Waals surface area contributed by atoms with E-state index in [4.69, 9.17) is 0 Å². The number of tetrazole rings is 1. The number of hydrogen-bond acceptors (Lipinski definition) is 10. The summed E-state index contributed by atoms with van der Waals surface area (Å²) >= 11 is 1.30. The molecule has 0 bridgehead atoms. The van der Waals surface area contributed by atoms with Crippen molar-refractivity contribution >= 4 is 39.7 Å². The standard InChI is InChI=1S/C19H18N8O4S/c1-25-19(22-23-24-25)32-11-14(28)10-26-16-5-3-2-4-15(16)17(18(26)29)21-20-12-6-8-13(9-7-12)27(30)31/h2-9,14,28-29H,10-11H2,1H3. The third-order valence-electron chi connectivity index (χ3n) is 4.62. The summed E-state index contributed by atoms with van der Waals surface area (Å²) in [5.41, 5.74) is 1.29. The predicted molar refractivity (Wildman–Crippen MR) is 116 cm³/mol. The molecular formula is C19H18N8O4S. The fourth-order valence-corrected chi connectivity index (χ4v) is 3.85. The van der Waals surface area contributed by atoms with Crippen LogP contribution >= 0.6 is 11.8 Å². The molecule has 2 aromatic heterocycles. The maximum Gasteiger partial charge on any atom is 0.269 e. The van der Waals surface area contributed by atoms with Crippen molar-refractivity contribution in [3.8, 4) is 5.88 Å². The van der Waals surface area contributed by atoms with Crippen LogP contribution in [0.25, 0.3) is 10.9 Å². The minimum atomic E-state index is -0.794. The van der Waals surface area contributed by atoms with Gasteiger partial charge in [-0.15, -0.1) is 10.2 Å². The number of rotatable bonds is 8. The second-order valence-electron chi connectivity index (χ2n) is 6.82. The van der Waals surface area contributed by atoms with Gasteiger partial charge in [0, 0.05) is 30.3 Å². The van der Waals surface area contributed by atoms with Gasteiger partial charge in [0.05, 0.1) is 28.8 Å². The molecule has 1 unspecified atom stereocenters. The van der Waals surface area contributed by atoms with E-state index in [-0.39, 0.29) is 23.8 Å². The molecule has 2 aromatic carbocycles. The van der Waals surface area contributed by atoms with Gasteiger partial charge in [-0.3, -0.25) is 10.1 Å². The number of nitro groups is 1. The van der Waals surface area contributed by atoms with E-state index in [0.717, 1.165) is 0 Å². The molecule has 0 fully saturated rings. The van der Waals surface area contributed by atoms with Gasteiger partial charge in [-0.25, -0.2) is 4.68 Å². The number of azo groups is 1.